The second kappa shape index (κ2) is 10.8. The molecule has 0 aliphatic heterocycles. The summed E-state index contributed by atoms with van der Waals surface area (Å²) in [4.78, 5) is 4.88. The van der Waals surface area contributed by atoms with Crippen molar-refractivity contribution in [1.82, 2.24) is 9.46 Å². The molecule has 0 amide bonds. The summed E-state index contributed by atoms with van der Waals surface area (Å²) in [6.45, 7) is 10.1. The van der Waals surface area contributed by atoms with E-state index in [0.29, 0.717) is 5.92 Å². The Morgan fingerprint density at radius 2 is 2.03 bits per heavy atom. The number of hydrogen-bond donors (Lipinski definition) is 0. The Kier molecular flexibility index (Phi) is 8.15. The average molecular weight is 423 g/mol. The van der Waals surface area contributed by atoms with Crippen molar-refractivity contribution in [3.05, 3.63) is 76.8 Å². The molecule has 3 nitrogen and oxygen atoms in total. The van der Waals surface area contributed by atoms with Crippen molar-refractivity contribution < 1.29 is 4.74 Å². The van der Waals surface area contributed by atoms with E-state index in [-0.39, 0.29) is 6.10 Å². The second-order valence-electron chi connectivity index (χ2n) is 7.80. The zero-order valence-electron chi connectivity index (χ0n) is 18.4. The first-order valence-corrected chi connectivity index (χ1v) is 11.5. The molecule has 0 N–H and O–H groups in total. The SMILES string of the molecule is C=C/C=C\C(=C/C)OC1CCC(c2nbc(CC)n2-c2ccc(Cl)cc2CC)CC1. The summed E-state index contributed by atoms with van der Waals surface area (Å²) in [6, 6.07) is 6.21. The molecule has 0 atom stereocenters. The van der Waals surface area contributed by atoms with Crippen LogP contribution in [0.15, 0.2) is 54.8 Å². The topological polar surface area (TPSA) is 27.1 Å². The van der Waals surface area contributed by atoms with Gasteiger partial charge in [-0.05, 0) is 0 Å². The van der Waals surface area contributed by atoms with E-state index in [1.807, 2.05) is 38.3 Å². The molecule has 1 aromatic heterocycles. The van der Waals surface area contributed by atoms with E-state index in [0.717, 1.165) is 49.3 Å². The maximum absolute atomic E-state index is 6.27. The van der Waals surface area contributed by atoms with Crippen LogP contribution in [0.1, 0.15) is 69.3 Å². The number of rotatable bonds is 8. The van der Waals surface area contributed by atoms with Gasteiger partial charge in [-0.3, -0.25) is 0 Å². The van der Waals surface area contributed by atoms with Crippen molar-refractivity contribution in [2.75, 3.05) is 0 Å². The first-order valence-electron chi connectivity index (χ1n) is 11.1. The summed E-state index contributed by atoms with van der Waals surface area (Å²) in [5.74, 6) is 2.55. The molecule has 5 heteroatoms. The fourth-order valence-electron chi connectivity index (χ4n) is 4.27. The summed E-state index contributed by atoms with van der Waals surface area (Å²) in [6.07, 6.45) is 14.1. The van der Waals surface area contributed by atoms with Gasteiger partial charge in [0.2, 0.25) is 0 Å². The number of halogens is 1. The van der Waals surface area contributed by atoms with Crippen LogP contribution >= 0.6 is 11.6 Å². The molecule has 1 aliphatic rings. The van der Waals surface area contributed by atoms with Gasteiger partial charge in [0.1, 0.15) is 0 Å². The molecule has 2 aromatic rings. The Morgan fingerprint density at radius 3 is 2.67 bits per heavy atom. The minimum absolute atomic E-state index is 0.262. The molecule has 0 unspecified atom stereocenters. The molecular weight excluding hydrogens is 391 g/mol. The van der Waals surface area contributed by atoms with Gasteiger partial charge in [-0.1, -0.05) is 0 Å². The molecule has 0 bridgehead atoms. The van der Waals surface area contributed by atoms with Gasteiger partial charge in [0.25, 0.3) is 0 Å². The third-order valence-electron chi connectivity index (χ3n) is 5.91. The van der Waals surface area contributed by atoms with Gasteiger partial charge in [0.15, 0.2) is 0 Å². The summed E-state index contributed by atoms with van der Waals surface area (Å²) >= 11 is 6.27. The van der Waals surface area contributed by atoms with Crippen LogP contribution in [0.2, 0.25) is 5.02 Å². The average Bonchev–Trinajstić information content (AvgIpc) is 3.20. The van der Waals surface area contributed by atoms with Gasteiger partial charge in [-0.25, -0.2) is 0 Å². The molecule has 1 saturated carbocycles. The van der Waals surface area contributed by atoms with Crippen LogP contribution < -0.4 is 0 Å². The molecule has 1 aliphatic carbocycles. The van der Waals surface area contributed by atoms with Crippen molar-refractivity contribution in [2.24, 2.45) is 0 Å². The first kappa shape index (κ1) is 22.6. The second-order valence-corrected chi connectivity index (χ2v) is 8.24. The van der Waals surface area contributed by atoms with Gasteiger partial charge >= 0.3 is 187 Å². The van der Waals surface area contributed by atoms with Crippen LogP contribution in [-0.2, 0) is 17.6 Å². The maximum atomic E-state index is 6.27. The van der Waals surface area contributed by atoms with Gasteiger partial charge in [-0.2, -0.15) is 0 Å². The number of allylic oxidation sites excluding steroid dienone is 4. The third kappa shape index (κ3) is 5.15. The molecule has 0 radical (unpaired) electrons. The van der Waals surface area contributed by atoms with E-state index in [1.54, 1.807) is 6.08 Å². The van der Waals surface area contributed by atoms with Gasteiger partial charge in [0, 0.05) is 0 Å². The molecule has 0 saturated heterocycles. The van der Waals surface area contributed by atoms with Gasteiger partial charge in [0.05, 0.1) is 0 Å². The Morgan fingerprint density at radius 1 is 1.27 bits per heavy atom. The van der Waals surface area contributed by atoms with E-state index < -0.39 is 0 Å². The van der Waals surface area contributed by atoms with E-state index in [9.17, 15) is 0 Å². The fourth-order valence-corrected chi connectivity index (χ4v) is 4.47. The van der Waals surface area contributed by atoms with Crippen molar-refractivity contribution in [1.29, 1.82) is 0 Å². The van der Waals surface area contributed by atoms with E-state index in [1.165, 1.54) is 22.7 Å². The molecular formula is C25H32BClN2O. The molecule has 1 fully saturated rings. The van der Waals surface area contributed by atoms with Crippen LogP contribution in [0.4, 0.5) is 0 Å². The minimum atomic E-state index is 0.262. The number of aryl methyl sites for hydroxylation is 2. The monoisotopic (exact) mass is 422 g/mol. The zero-order valence-corrected chi connectivity index (χ0v) is 19.2. The van der Waals surface area contributed by atoms with Crippen molar-refractivity contribution in [3.63, 3.8) is 0 Å². The molecule has 0 spiro atoms. The molecule has 158 valence electrons. The Hall–Kier alpha value is -2.07. The van der Waals surface area contributed by atoms with Crippen LogP contribution in [-0.4, -0.2) is 22.6 Å². The number of benzene rings is 1. The molecule has 30 heavy (non-hydrogen) atoms. The van der Waals surface area contributed by atoms with Crippen LogP contribution in [0.5, 0.6) is 0 Å². The predicted molar refractivity (Wildman–Crippen MR) is 128 cm³/mol. The molecule has 1 heterocycles. The zero-order chi connectivity index (χ0) is 21.5. The molecule has 1 aromatic carbocycles. The summed E-state index contributed by atoms with van der Waals surface area (Å²) in [5, 5.41) is 0.790. The Bertz CT molecular complexity index is 923. The fraction of sp³-hybridized carbons (Fsp3) is 0.440. The van der Waals surface area contributed by atoms with Crippen LogP contribution in [0.25, 0.3) is 5.69 Å². The number of hydrogen-bond acceptors (Lipinski definition) is 2. The van der Waals surface area contributed by atoms with E-state index >= 15 is 0 Å². The van der Waals surface area contributed by atoms with Gasteiger partial charge < -0.3 is 0 Å². The van der Waals surface area contributed by atoms with Gasteiger partial charge in [-0.15, -0.1) is 0 Å². The van der Waals surface area contributed by atoms with Crippen LogP contribution in [0, 0.1) is 0 Å². The summed E-state index contributed by atoms with van der Waals surface area (Å²) in [5.41, 5.74) is 3.74. The number of nitrogens with zero attached hydrogens (tertiary/aromatic N) is 2. The van der Waals surface area contributed by atoms with Crippen molar-refractivity contribution >= 4 is 18.7 Å². The van der Waals surface area contributed by atoms with Crippen molar-refractivity contribution in [3.8, 4) is 5.69 Å². The number of aromatic nitrogens is 2. The van der Waals surface area contributed by atoms with E-state index in [4.69, 9.17) is 21.2 Å². The van der Waals surface area contributed by atoms with Crippen molar-refractivity contribution in [2.45, 2.75) is 71.3 Å². The summed E-state index contributed by atoms with van der Waals surface area (Å²) in [7, 11) is 2.05. The standard InChI is InChI=1S/C25H32BClN2O/c1-5-9-10-21(7-3)30-22-14-11-19(12-15-22)25-28-26-24(8-4)29(25)23-16-13-20(27)17-18(23)6-2/h5,7,9-10,13,16-17,19,22H,1,6,8,11-12,14-15H2,2-4H3/b10-9-,21-7+. The Balaban J connectivity index is 1.80. The predicted octanol–water partition coefficient (Wildman–Crippen LogP) is 6.68. The number of ether oxygens (including phenoxy) is 1. The van der Waals surface area contributed by atoms with Crippen LogP contribution in [0.3, 0.4) is 0 Å². The quantitative estimate of drug-likeness (QED) is 0.350. The summed E-state index contributed by atoms with van der Waals surface area (Å²) < 4.78 is 8.58. The Labute approximate surface area is 186 Å². The van der Waals surface area contributed by atoms with E-state index in [2.05, 4.69) is 37.1 Å². The third-order valence-corrected chi connectivity index (χ3v) is 6.15. The molecule has 3 rings (SSSR count). The first-order chi connectivity index (χ1) is 14.6. The normalized spacial score (nSPS) is 19.8.